The molecule has 2 aliphatic rings. The maximum absolute atomic E-state index is 12.8. The fourth-order valence-electron chi connectivity index (χ4n) is 3.61. The van der Waals surface area contributed by atoms with Gasteiger partial charge in [-0.3, -0.25) is 9.69 Å². The summed E-state index contributed by atoms with van der Waals surface area (Å²) >= 11 is 0. The molecule has 0 radical (unpaired) electrons. The van der Waals surface area contributed by atoms with Gasteiger partial charge in [0.25, 0.3) is 0 Å². The highest BCUT2D eigenvalue weighted by molar-refractivity contribution is 5.82. The van der Waals surface area contributed by atoms with E-state index in [1.807, 2.05) is 0 Å². The Labute approximate surface area is 123 Å². The third kappa shape index (κ3) is 3.73. The van der Waals surface area contributed by atoms with E-state index in [9.17, 15) is 4.79 Å². The monoisotopic (exact) mass is 281 g/mol. The van der Waals surface area contributed by atoms with Gasteiger partial charge in [-0.05, 0) is 58.7 Å². The molecule has 0 aliphatic carbocycles. The number of likely N-dealkylation sites (tertiary alicyclic amines) is 1. The fourth-order valence-corrected chi connectivity index (χ4v) is 3.61. The van der Waals surface area contributed by atoms with E-state index in [1.165, 1.54) is 19.3 Å². The number of hydrogen-bond donors (Lipinski definition) is 1. The minimum atomic E-state index is 0.162. The van der Waals surface area contributed by atoms with E-state index < -0.39 is 0 Å². The first-order chi connectivity index (χ1) is 9.77. The second kappa shape index (κ2) is 7.99. The van der Waals surface area contributed by atoms with Crippen molar-refractivity contribution in [3.63, 3.8) is 0 Å². The summed E-state index contributed by atoms with van der Waals surface area (Å²) in [6.45, 7) is 9.42. The summed E-state index contributed by atoms with van der Waals surface area (Å²) in [6, 6.07) is 0.785. The molecule has 0 spiro atoms. The highest BCUT2D eigenvalue weighted by Gasteiger charge is 2.37. The SMILES string of the molecule is CCCCN(CC)C(=O)C1CCCN1C1CCNCC1. The summed E-state index contributed by atoms with van der Waals surface area (Å²) in [6.07, 6.45) is 6.93. The zero-order valence-electron chi connectivity index (χ0n) is 13.2. The van der Waals surface area contributed by atoms with E-state index in [0.717, 1.165) is 52.0 Å². The Balaban J connectivity index is 1.95. The van der Waals surface area contributed by atoms with Crippen LogP contribution < -0.4 is 5.32 Å². The van der Waals surface area contributed by atoms with E-state index in [2.05, 4.69) is 29.0 Å². The van der Waals surface area contributed by atoms with Gasteiger partial charge in [0.1, 0.15) is 0 Å². The molecule has 2 aliphatic heterocycles. The highest BCUT2D eigenvalue weighted by atomic mass is 16.2. The summed E-state index contributed by atoms with van der Waals surface area (Å²) in [7, 11) is 0. The minimum absolute atomic E-state index is 0.162. The van der Waals surface area contributed by atoms with Crippen LogP contribution in [0.1, 0.15) is 52.4 Å². The van der Waals surface area contributed by atoms with Crippen molar-refractivity contribution < 1.29 is 4.79 Å². The van der Waals surface area contributed by atoms with Crippen molar-refractivity contribution in [2.45, 2.75) is 64.5 Å². The Bertz CT molecular complexity index is 302. The van der Waals surface area contributed by atoms with Crippen LogP contribution in [0.15, 0.2) is 0 Å². The quantitative estimate of drug-likeness (QED) is 0.807. The van der Waals surface area contributed by atoms with E-state index in [4.69, 9.17) is 0 Å². The largest absolute Gasteiger partial charge is 0.342 e. The first-order valence-electron chi connectivity index (χ1n) is 8.53. The second-order valence-electron chi connectivity index (χ2n) is 6.15. The Morgan fingerprint density at radius 3 is 2.65 bits per heavy atom. The molecule has 2 rings (SSSR count). The molecule has 1 atom stereocenters. The molecular weight excluding hydrogens is 250 g/mol. The maximum atomic E-state index is 12.8. The second-order valence-corrected chi connectivity index (χ2v) is 6.15. The Kier molecular flexibility index (Phi) is 6.30. The molecule has 0 aromatic carbocycles. The lowest BCUT2D eigenvalue weighted by Gasteiger charge is -2.37. The van der Waals surface area contributed by atoms with Gasteiger partial charge in [-0.1, -0.05) is 13.3 Å². The number of nitrogens with one attached hydrogen (secondary N) is 1. The van der Waals surface area contributed by atoms with Crippen LogP contribution in [-0.4, -0.2) is 60.5 Å². The number of amides is 1. The lowest BCUT2D eigenvalue weighted by molar-refractivity contribution is -0.136. The van der Waals surface area contributed by atoms with Crippen molar-refractivity contribution in [1.29, 1.82) is 0 Å². The summed E-state index contributed by atoms with van der Waals surface area (Å²) in [5.74, 6) is 0.386. The predicted molar refractivity (Wildman–Crippen MR) is 82.8 cm³/mol. The van der Waals surface area contributed by atoms with Crippen LogP contribution in [0, 0.1) is 0 Å². The summed E-state index contributed by atoms with van der Waals surface area (Å²) < 4.78 is 0. The molecule has 0 aromatic heterocycles. The molecule has 0 bridgehead atoms. The molecule has 1 N–H and O–H groups in total. The van der Waals surface area contributed by atoms with Crippen LogP contribution in [0.25, 0.3) is 0 Å². The summed E-state index contributed by atoms with van der Waals surface area (Å²) in [5, 5.41) is 3.42. The standard InChI is InChI=1S/C16H31N3O/c1-3-5-12-18(4-2)16(20)15-7-6-13-19(15)14-8-10-17-11-9-14/h14-15,17H,3-13H2,1-2H3. The lowest BCUT2D eigenvalue weighted by atomic mass is 10.0. The van der Waals surface area contributed by atoms with Crippen LogP contribution >= 0.6 is 0 Å². The zero-order chi connectivity index (χ0) is 14.4. The number of hydrogen-bond acceptors (Lipinski definition) is 3. The number of carbonyl (C=O) groups excluding carboxylic acids is 1. The Morgan fingerprint density at radius 1 is 1.25 bits per heavy atom. The highest BCUT2D eigenvalue weighted by Crippen LogP contribution is 2.25. The van der Waals surface area contributed by atoms with Gasteiger partial charge in [-0.2, -0.15) is 0 Å². The van der Waals surface area contributed by atoms with E-state index in [0.29, 0.717) is 11.9 Å². The summed E-state index contributed by atoms with van der Waals surface area (Å²) in [4.78, 5) is 17.4. The van der Waals surface area contributed by atoms with Gasteiger partial charge in [0.15, 0.2) is 0 Å². The number of carbonyl (C=O) groups is 1. The van der Waals surface area contributed by atoms with E-state index >= 15 is 0 Å². The molecule has 2 heterocycles. The van der Waals surface area contributed by atoms with Gasteiger partial charge in [0.2, 0.25) is 5.91 Å². The van der Waals surface area contributed by atoms with Crippen molar-refractivity contribution >= 4 is 5.91 Å². The molecule has 0 saturated carbocycles. The molecule has 0 aromatic rings. The average molecular weight is 281 g/mol. The van der Waals surface area contributed by atoms with E-state index in [-0.39, 0.29) is 6.04 Å². The van der Waals surface area contributed by atoms with Crippen LogP contribution in [-0.2, 0) is 4.79 Å². The number of likely N-dealkylation sites (N-methyl/N-ethyl adjacent to an activating group) is 1. The summed E-state index contributed by atoms with van der Waals surface area (Å²) in [5.41, 5.74) is 0. The first-order valence-corrected chi connectivity index (χ1v) is 8.53. The molecule has 4 heteroatoms. The average Bonchev–Trinajstić information content (AvgIpc) is 2.98. The molecule has 1 unspecified atom stereocenters. The van der Waals surface area contributed by atoms with Gasteiger partial charge < -0.3 is 10.2 Å². The molecule has 116 valence electrons. The minimum Gasteiger partial charge on any atom is -0.342 e. The van der Waals surface area contributed by atoms with Gasteiger partial charge in [-0.25, -0.2) is 0 Å². The fraction of sp³-hybridized carbons (Fsp3) is 0.938. The molecule has 4 nitrogen and oxygen atoms in total. The van der Waals surface area contributed by atoms with Crippen molar-refractivity contribution in [2.75, 3.05) is 32.7 Å². The first kappa shape index (κ1) is 15.8. The molecule has 2 fully saturated rings. The number of rotatable bonds is 6. The van der Waals surface area contributed by atoms with Gasteiger partial charge in [0, 0.05) is 19.1 Å². The zero-order valence-corrected chi connectivity index (χ0v) is 13.2. The molecule has 20 heavy (non-hydrogen) atoms. The number of nitrogens with zero attached hydrogens (tertiary/aromatic N) is 2. The molecule has 1 amide bonds. The lowest BCUT2D eigenvalue weighted by Crippen LogP contribution is -2.51. The number of unbranched alkanes of at least 4 members (excludes halogenated alkanes) is 1. The predicted octanol–water partition coefficient (Wildman–Crippen LogP) is 1.85. The van der Waals surface area contributed by atoms with Crippen molar-refractivity contribution in [2.24, 2.45) is 0 Å². The van der Waals surface area contributed by atoms with Crippen LogP contribution in [0.5, 0.6) is 0 Å². The van der Waals surface area contributed by atoms with Gasteiger partial charge in [0.05, 0.1) is 6.04 Å². The number of piperidine rings is 1. The normalized spacial score (nSPS) is 25.0. The van der Waals surface area contributed by atoms with Crippen molar-refractivity contribution in [3.8, 4) is 0 Å². The van der Waals surface area contributed by atoms with Crippen LogP contribution in [0.4, 0.5) is 0 Å². The van der Waals surface area contributed by atoms with Gasteiger partial charge in [-0.15, -0.1) is 0 Å². The third-order valence-electron chi connectivity index (χ3n) is 4.83. The van der Waals surface area contributed by atoms with Crippen molar-refractivity contribution in [3.05, 3.63) is 0 Å². The maximum Gasteiger partial charge on any atom is 0.239 e. The van der Waals surface area contributed by atoms with Crippen LogP contribution in [0.3, 0.4) is 0 Å². The van der Waals surface area contributed by atoms with E-state index in [1.54, 1.807) is 0 Å². The topological polar surface area (TPSA) is 35.6 Å². The van der Waals surface area contributed by atoms with Crippen LogP contribution in [0.2, 0.25) is 0 Å². The third-order valence-corrected chi connectivity index (χ3v) is 4.83. The Hall–Kier alpha value is -0.610. The van der Waals surface area contributed by atoms with Crippen molar-refractivity contribution in [1.82, 2.24) is 15.1 Å². The van der Waals surface area contributed by atoms with Gasteiger partial charge >= 0.3 is 0 Å². The Morgan fingerprint density at radius 2 is 2.00 bits per heavy atom. The molecule has 2 saturated heterocycles. The molecular formula is C16H31N3O. The smallest absolute Gasteiger partial charge is 0.239 e.